The van der Waals surface area contributed by atoms with Gasteiger partial charge in [-0.05, 0) is 12.1 Å². The molecule has 0 aliphatic carbocycles. The van der Waals surface area contributed by atoms with E-state index in [0.29, 0.717) is 16.9 Å². The van der Waals surface area contributed by atoms with Gasteiger partial charge in [-0.1, -0.05) is 36.7 Å². The Morgan fingerprint density at radius 2 is 1.94 bits per heavy atom. The number of rotatable bonds is 3. The van der Waals surface area contributed by atoms with E-state index in [1.54, 1.807) is 6.07 Å². The number of aryl methyl sites for hydroxylation is 1. The molecule has 3 nitrogen and oxygen atoms in total. The van der Waals surface area contributed by atoms with E-state index >= 15 is 0 Å². The third kappa shape index (κ3) is 2.70. The molecular weight excluding hydrogens is 224 g/mol. The van der Waals surface area contributed by atoms with Crippen LogP contribution < -0.4 is 4.74 Å². The summed E-state index contributed by atoms with van der Waals surface area (Å²) in [5.74, 6) is 1.89. The van der Waals surface area contributed by atoms with Crippen LogP contribution in [-0.2, 0) is 6.42 Å². The van der Waals surface area contributed by atoms with Gasteiger partial charge < -0.3 is 4.74 Å². The number of benzene rings is 1. The molecule has 0 aliphatic rings. The lowest BCUT2D eigenvalue weighted by atomic mass is 10.3. The van der Waals surface area contributed by atoms with Crippen molar-refractivity contribution in [3.63, 3.8) is 0 Å². The summed E-state index contributed by atoms with van der Waals surface area (Å²) in [5.41, 5.74) is 0. The van der Waals surface area contributed by atoms with E-state index in [9.17, 15) is 0 Å². The fraction of sp³-hybridized carbons (Fsp3) is 0.167. The van der Waals surface area contributed by atoms with Crippen molar-refractivity contribution in [3.8, 4) is 11.6 Å². The third-order valence-corrected chi connectivity index (χ3v) is 2.19. The van der Waals surface area contributed by atoms with Gasteiger partial charge in [0.1, 0.15) is 16.7 Å². The molecule has 1 aromatic heterocycles. The number of ether oxygens (including phenoxy) is 1. The molecule has 16 heavy (non-hydrogen) atoms. The predicted octanol–water partition coefficient (Wildman–Crippen LogP) is 3.48. The van der Waals surface area contributed by atoms with Gasteiger partial charge in [-0.2, -0.15) is 4.98 Å². The first-order chi connectivity index (χ1) is 7.78. The van der Waals surface area contributed by atoms with E-state index in [4.69, 9.17) is 16.3 Å². The summed E-state index contributed by atoms with van der Waals surface area (Å²) in [4.78, 5) is 8.30. The Balaban J connectivity index is 2.24. The highest BCUT2D eigenvalue weighted by atomic mass is 35.5. The lowest BCUT2D eigenvalue weighted by Gasteiger charge is -2.05. The normalized spacial score (nSPS) is 10.1. The van der Waals surface area contributed by atoms with Crippen molar-refractivity contribution < 1.29 is 4.74 Å². The molecule has 2 rings (SSSR count). The van der Waals surface area contributed by atoms with Crippen molar-refractivity contribution >= 4 is 11.6 Å². The second-order valence-electron chi connectivity index (χ2n) is 3.21. The van der Waals surface area contributed by atoms with Crippen molar-refractivity contribution in [2.24, 2.45) is 0 Å². The lowest BCUT2D eigenvalue weighted by Crippen LogP contribution is -1.96. The Bertz CT molecular complexity index is 474. The molecule has 0 N–H and O–H groups in total. The fourth-order valence-electron chi connectivity index (χ4n) is 1.26. The molecule has 0 saturated carbocycles. The molecule has 0 aliphatic heterocycles. The number of halogens is 1. The van der Waals surface area contributed by atoms with Crippen molar-refractivity contribution in [3.05, 3.63) is 47.4 Å². The maximum Gasteiger partial charge on any atom is 0.224 e. The van der Waals surface area contributed by atoms with Crippen LogP contribution in [0.4, 0.5) is 0 Å². The van der Waals surface area contributed by atoms with Crippen molar-refractivity contribution in [2.75, 3.05) is 0 Å². The van der Waals surface area contributed by atoms with Crippen LogP contribution in [0.25, 0.3) is 0 Å². The molecule has 1 aromatic carbocycles. The van der Waals surface area contributed by atoms with Gasteiger partial charge in [0, 0.05) is 12.5 Å². The van der Waals surface area contributed by atoms with E-state index in [0.717, 1.165) is 12.2 Å². The largest absolute Gasteiger partial charge is 0.439 e. The van der Waals surface area contributed by atoms with Crippen molar-refractivity contribution in [2.45, 2.75) is 13.3 Å². The molecule has 0 saturated heterocycles. The summed E-state index contributed by atoms with van der Waals surface area (Å²) in [6.45, 7) is 1.97. The zero-order valence-corrected chi connectivity index (χ0v) is 9.61. The van der Waals surface area contributed by atoms with Gasteiger partial charge in [0.2, 0.25) is 5.88 Å². The van der Waals surface area contributed by atoms with Gasteiger partial charge in [-0.3, -0.25) is 0 Å². The topological polar surface area (TPSA) is 35.0 Å². The van der Waals surface area contributed by atoms with Crippen LogP contribution in [0.15, 0.2) is 36.4 Å². The van der Waals surface area contributed by atoms with Crippen molar-refractivity contribution in [1.29, 1.82) is 0 Å². The Labute approximate surface area is 99.1 Å². The number of hydrogen-bond donors (Lipinski definition) is 0. The van der Waals surface area contributed by atoms with Crippen LogP contribution in [-0.4, -0.2) is 9.97 Å². The van der Waals surface area contributed by atoms with Gasteiger partial charge in [0.25, 0.3) is 0 Å². The average Bonchev–Trinajstić information content (AvgIpc) is 2.29. The molecule has 0 spiro atoms. The number of aromatic nitrogens is 2. The third-order valence-electron chi connectivity index (χ3n) is 2.00. The highest BCUT2D eigenvalue weighted by Crippen LogP contribution is 2.21. The van der Waals surface area contributed by atoms with Crippen LogP contribution in [0.1, 0.15) is 12.7 Å². The quantitative estimate of drug-likeness (QED) is 0.763. The summed E-state index contributed by atoms with van der Waals surface area (Å²) in [6, 6.07) is 11.1. The maximum absolute atomic E-state index is 5.86. The standard InChI is InChI=1S/C12H11ClN2O/c1-2-11-14-10(13)8-12(15-11)16-9-6-4-3-5-7-9/h3-8H,2H2,1H3. The van der Waals surface area contributed by atoms with E-state index in [-0.39, 0.29) is 0 Å². The van der Waals surface area contributed by atoms with Gasteiger partial charge in [0.15, 0.2) is 0 Å². The zero-order valence-electron chi connectivity index (χ0n) is 8.85. The van der Waals surface area contributed by atoms with Crippen LogP contribution in [0.2, 0.25) is 5.15 Å². The molecule has 0 atom stereocenters. The Hall–Kier alpha value is -1.61. The SMILES string of the molecule is CCc1nc(Cl)cc(Oc2ccccc2)n1. The molecule has 2 aromatic rings. The van der Waals surface area contributed by atoms with Crippen LogP contribution in [0.3, 0.4) is 0 Å². The number of para-hydroxylation sites is 1. The summed E-state index contributed by atoms with van der Waals surface area (Å²) < 4.78 is 5.57. The smallest absolute Gasteiger partial charge is 0.224 e. The number of nitrogens with zero attached hydrogens (tertiary/aromatic N) is 2. The van der Waals surface area contributed by atoms with Crippen LogP contribution >= 0.6 is 11.6 Å². The highest BCUT2D eigenvalue weighted by molar-refractivity contribution is 6.29. The van der Waals surface area contributed by atoms with E-state index in [2.05, 4.69) is 9.97 Å². The molecular formula is C12H11ClN2O. The van der Waals surface area contributed by atoms with Crippen LogP contribution in [0.5, 0.6) is 11.6 Å². The van der Waals surface area contributed by atoms with Gasteiger partial charge in [-0.25, -0.2) is 4.98 Å². The molecule has 0 radical (unpaired) electrons. The predicted molar refractivity (Wildman–Crippen MR) is 62.9 cm³/mol. The minimum absolute atomic E-state index is 0.401. The molecule has 0 unspecified atom stereocenters. The second kappa shape index (κ2) is 4.94. The molecule has 1 heterocycles. The van der Waals surface area contributed by atoms with E-state index in [1.165, 1.54) is 0 Å². The first kappa shape index (κ1) is 10.9. The summed E-state index contributed by atoms with van der Waals surface area (Å²) in [7, 11) is 0. The van der Waals surface area contributed by atoms with E-state index in [1.807, 2.05) is 37.3 Å². The Kier molecular flexibility index (Phi) is 3.37. The zero-order chi connectivity index (χ0) is 11.4. The highest BCUT2D eigenvalue weighted by Gasteiger charge is 2.03. The Morgan fingerprint density at radius 3 is 2.62 bits per heavy atom. The molecule has 82 valence electrons. The summed E-state index contributed by atoms with van der Waals surface area (Å²) in [5, 5.41) is 0.401. The summed E-state index contributed by atoms with van der Waals surface area (Å²) >= 11 is 5.86. The first-order valence-corrected chi connectivity index (χ1v) is 5.42. The average molecular weight is 235 g/mol. The summed E-state index contributed by atoms with van der Waals surface area (Å²) in [6.07, 6.45) is 0.728. The fourth-order valence-corrected chi connectivity index (χ4v) is 1.45. The van der Waals surface area contributed by atoms with Gasteiger partial charge in [0.05, 0.1) is 0 Å². The van der Waals surface area contributed by atoms with Gasteiger partial charge >= 0.3 is 0 Å². The van der Waals surface area contributed by atoms with Crippen molar-refractivity contribution in [1.82, 2.24) is 9.97 Å². The first-order valence-electron chi connectivity index (χ1n) is 5.04. The second-order valence-corrected chi connectivity index (χ2v) is 3.60. The molecule has 0 fully saturated rings. The van der Waals surface area contributed by atoms with Gasteiger partial charge in [-0.15, -0.1) is 0 Å². The minimum atomic E-state index is 0.401. The number of hydrogen-bond acceptors (Lipinski definition) is 3. The molecule has 0 bridgehead atoms. The van der Waals surface area contributed by atoms with E-state index < -0.39 is 0 Å². The molecule has 4 heteroatoms. The van der Waals surface area contributed by atoms with Crippen LogP contribution in [0, 0.1) is 0 Å². The Morgan fingerprint density at radius 1 is 1.19 bits per heavy atom. The minimum Gasteiger partial charge on any atom is -0.439 e. The molecule has 0 amide bonds. The lowest BCUT2D eigenvalue weighted by molar-refractivity contribution is 0.459. The monoisotopic (exact) mass is 234 g/mol. The maximum atomic E-state index is 5.86.